The van der Waals surface area contributed by atoms with Crippen LogP contribution in [0.2, 0.25) is 0 Å². The summed E-state index contributed by atoms with van der Waals surface area (Å²) in [5.74, 6) is 0. The highest BCUT2D eigenvalue weighted by atomic mass is 19.4. The van der Waals surface area contributed by atoms with E-state index in [1.807, 2.05) is 0 Å². The van der Waals surface area contributed by atoms with Gasteiger partial charge in [0.25, 0.3) is 0 Å². The van der Waals surface area contributed by atoms with Gasteiger partial charge in [0.05, 0.1) is 31.5 Å². The molecular formula is C11H18F3NO3. The molecule has 2 aliphatic rings. The second-order valence-corrected chi connectivity index (χ2v) is 4.74. The highest BCUT2D eigenvalue weighted by Gasteiger charge is 2.41. The van der Waals surface area contributed by atoms with Gasteiger partial charge in [0.1, 0.15) is 0 Å². The van der Waals surface area contributed by atoms with Gasteiger partial charge in [-0.1, -0.05) is 0 Å². The molecule has 0 bridgehead atoms. The van der Waals surface area contributed by atoms with E-state index in [0.29, 0.717) is 6.61 Å². The maximum atomic E-state index is 11.7. The van der Waals surface area contributed by atoms with Gasteiger partial charge in [-0.3, -0.25) is 4.74 Å². The van der Waals surface area contributed by atoms with Crippen molar-refractivity contribution in [2.24, 2.45) is 0 Å². The standard InChI is InChI=1S/C11H18F3NO3/c12-11(13,14)17-6-5-16-9-7-10(18-8-9)1-3-15-4-2-10/h9,15H,1-8H2. The Balaban J connectivity index is 1.64. The van der Waals surface area contributed by atoms with Crippen molar-refractivity contribution in [1.29, 1.82) is 0 Å². The minimum atomic E-state index is -4.58. The molecule has 4 nitrogen and oxygen atoms in total. The van der Waals surface area contributed by atoms with Crippen LogP contribution in [0.5, 0.6) is 0 Å². The first kappa shape index (κ1) is 14.0. The molecule has 2 saturated heterocycles. The van der Waals surface area contributed by atoms with Crippen LogP contribution < -0.4 is 5.32 Å². The van der Waals surface area contributed by atoms with Crippen molar-refractivity contribution in [2.75, 3.05) is 32.9 Å². The summed E-state index contributed by atoms with van der Waals surface area (Å²) in [6.45, 7) is 1.79. The number of alkyl halides is 3. The Labute approximate surface area is 104 Å². The molecule has 1 N–H and O–H groups in total. The Morgan fingerprint density at radius 2 is 1.94 bits per heavy atom. The molecule has 0 saturated carbocycles. The summed E-state index contributed by atoms with van der Waals surface area (Å²) in [7, 11) is 0. The molecule has 2 aliphatic heterocycles. The molecule has 0 aromatic heterocycles. The summed E-state index contributed by atoms with van der Waals surface area (Å²) in [5.41, 5.74) is -0.124. The van der Waals surface area contributed by atoms with Gasteiger partial charge in [-0.2, -0.15) is 0 Å². The first-order valence-electron chi connectivity index (χ1n) is 6.16. The van der Waals surface area contributed by atoms with Gasteiger partial charge >= 0.3 is 6.36 Å². The molecule has 0 aromatic rings. The number of halogens is 3. The average molecular weight is 269 g/mol. The Bertz CT molecular complexity index is 267. The van der Waals surface area contributed by atoms with Crippen LogP contribution in [-0.2, 0) is 14.2 Å². The third-order valence-corrected chi connectivity index (χ3v) is 3.39. The molecule has 1 unspecified atom stereocenters. The number of nitrogens with one attached hydrogen (secondary N) is 1. The average Bonchev–Trinajstić information content (AvgIpc) is 2.68. The van der Waals surface area contributed by atoms with Gasteiger partial charge in [0, 0.05) is 6.42 Å². The molecule has 0 amide bonds. The Morgan fingerprint density at radius 3 is 2.61 bits per heavy atom. The molecule has 0 radical (unpaired) electrons. The van der Waals surface area contributed by atoms with Gasteiger partial charge in [-0.25, -0.2) is 0 Å². The molecule has 18 heavy (non-hydrogen) atoms. The van der Waals surface area contributed by atoms with Crippen LogP contribution in [-0.4, -0.2) is 51.0 Å². The van der Waals surface area contributed by atoms with Gasteiger partial charge in [0.15, 0.2) is 0 Å². The predicted molar refractivity (Wildman–Crippen MR) is 57.2 cm³/mol. The quantitative estimate of drug-likeness (QED) is 0.784. The van der Waals surface area contributed by atoms with Crippen molar-refractivity contribution >= 4 is 0 Å². The monoisotopic (exact) mass is 269 g/mol. The molecule has 1 spiro atoms. The molecule has 0 aromatic carbocycles. The lowest BCUT2D eigenvalue weighted by Gasteiger charge is -2.32. The normalized spacial score (nSPS) is 27.8. The van der Waals surface area contributed by atoms with Crippen LogP contribution in [0.3, 0.4) is 0 Å². The van der Waals surface area contributed by atoms with Crippen LogP contribution in [0.25, 0.3) is 0 Å². The fourth-order valence-corrected chi connectivity index (χ4v) is 2.51. The Kier molecular flexibility index (Phi) is 4.47. The lowest BCUT2D eigenvalue weighted by Crippen LogP contribution is -2.41. The summed E-state index contributed by atoms with van der Waals surface area (Å²) in [6.07, 6.45) is -2.05. The lowest BCUT2D eigenvalue weighted by molar-refractivity contribution is -0.327. The van der Waals surface area contributed by atoms with Crippen LogP contribution in [0.15, 0.2) is 0 Å². The van der Waals surface area contributed by atoms with Crippen molar-refractivity contribution in [3.05, 3.63) is 0 Å². The first-order valence-corrected chi connectivity index (χ1v) is 6.16. The largest absolute Gasteiger partial charge is 0.522 e. The number of piperidine rings is 1. The predicted octanol–water partition coefficient (Wildman–Crippen LogP) is 1.45. The molecule has 1 atom stereocenters. The molecule has 2 fully saturated rings. The molecule has 2 heterocycles. The third-order valence-electron chi connectivity index (χ3n) is 3.39. The smallest absolute Gasteiger partial charge is 0.373 e. The van der Waals surface area contributed by atoms with Crippen molar-refractivity contribution in [1.82, 2.24) is 5.32 Å². The van der Waals surface area contributed by atoms with Gasteiger partial charge in [-0.05, 0) is 25.9 Å². The number of hydrogen-bond acceptors (Lipinski definition) is 4. The highest BCUT2D eigenvalue weighted by molar-refractivity contribution is 4.93. The zero-order valence-corrected chi connectivity index (χ0v) is 10.1. The summed E-state index contributed by atoms with van der Waals surface area (Å²) < 4.78 is 50.0. The summed E-state index contributed by atoms with van der Waals surface area (Å²) in [5, 5.41) is 3.25. The van der Waals surface area contributed by atoms with Crippen LogP contribution >= 0.6 is 0 Å². The van der Waals surface area contributed by atoms with E-state index in [1.54, 1.807) is 0 Å². The van der Waals surface area contributed by atoms with Crippen molar-refractivity contribution in [3.63, 3.8) is 0 Å². The summed E-state index contributed by atoms with van der Waals surface area (Å²) in [4.78, 5) is 0. The lowest BCUT2D eigenvalue weighted by atomic mass is 9.89. The van der Waals surface area contributed by atoms with E-state index in [0.717, 1.165) is 32.4 Å². The van der Waals surface area contributed by atoms with E-state index >= 15 is 0 Å². The fourth-order valence-electron chi connectivity index (χ4n) is 2.51. The van der Waals surface area contributed by atoms with E-state index in [9.17, 15) is 13.2 Å². The number of hydrogen-bond donors (Lipinski definition) is 1. The van der Waals surface area contributed by atoms with Crippen molar-refractivity contribution in [3.8, 4) is 0 Å². The van der Waals surface area contributed by atoms with Crippen LogP contribution in [0.4, 0.5) is 13.2 Å². The fraction of sp³-hybridized carbons (Fsp3) is 1.00. The van der Waals surface area contributed by atoms with Gasteiger partial charge in [-0.15, -0.1) is 13.2 Å². The zero-order valence-electron chi connectivity index (χ0n) is 10.1. The third kappa shape index (κ3) is 4.08. The maximum Gasteiger partial charge on any atom is 0.522 e. The van der Waals surface area contributed by atoms with E-state index < -0.39 is 13.0 Å². The molecule has 0 aliphatic carbocycles. The minimum absolute atomic E-state index is 0.0537. The summed E-state index contributed by atoms with van der Waals surface area (Å²) in [6, 6.07) is 0. The molecular weight excluding hydrogens is 251 g/mol. The minimum Gasteiger partial charge on any atom is -0.373 e. The number of ether oxygens (including phenoxy) is 3. The van der Waals surface area contributed by atoms with Crippen LogP contribution in [0, 0.1) is 0 Å². The Hall–Kier alpha value is -0.370. The SMILES string of the molecule is FC(F)(F)OCCOC1COC2(CCNCC2)C1. The van der Waals surface area contributed by atoms with Gasteiger partial charge in [0.2, 0.25) is 0 Å². The van der Waals surface area contributed by atoms with E-state index in [-0.39, 0.29) is 18.3 Å². The Morgan fingerprint density at radius 1 is 1.22 bits per heavy atom. The second-order valence-electron chi connectivity index (χ2n) is 4.74. The van der Waals surface area contributed by atoms with E-state index in [4.69, 9.17) is 9.47 Å². The van der Waals surface area contributed by atoms with Gasteiger partial charge < -0.3 is 14.8 Å². The zero-order chi connectivity index (χ0) is 13.1. The van der Waals surface area contributed by atoms with E-state index in [2.05, 4.69) is 10.1 Å². The van der Waals surface area contributed by atoms with Crippen molar-refractivity contribution in [2.45, 2.75) is 37.3 Å². The van der Waals surface area contributed by atoms with Crippen LogP contribution in [0.1, 0.15) is 19.3 Å². The molecule has 106 valence electrons. The summed E-state index contributed by atoms with van der Waals surface area (Å²) >= 11 is 0. The van der Waals surface area contributed by atoms with Crippen molar-refractivity contribution < 1.29 is 27.4 Å². The maximum absolute atomic E-state index is 11.7. The molecule has 7 heteroatoms. The topological polar surface area (TPSA) is 39.7 Å². The highest BCUT2D eigenvalue weighted by Crippen LogP contribution is 2.35. The van der Waals surface area contributed by atoms with E-state index in [1.165, 1.54) is 0 Å². The second kappa shape index (κ2) is 5.73. The molecule has 2 rings (SSSR count). The number of rotatable bonds is 4. The first-order chi connectivity index (χ1) is 8.49.